The van der Waals surface area contributed by atoms with Gasteiger partial charge in [0.1, 0.15) is 12.4 Å². The molecule has 3 nitrogen and oxygen atoms in total. The molecule has 0 saturated heterocycles. The van der Waals surface area contributed by atoms with Crippen LogP contribution in [0.2, 0.25) is 0 Å². The van der Waals surface area contributed by atoms with E-state index in [4.69, 9.17) is 9.84 Å². The van der Waals surface area contributed by atoms with Crippen molar-refractivity contribution >= 4 is 0 Å². The molecule has 6 heteroatoms. The Labute approximate surface area is 97.2 Å². The van der Waals surface area contributed by atoms with Gasteiger partial charge in [0.25, 0.3) is 0 Å². The fourth-order valence-corrected chi connectivity index (χ4v) is 1.39. The second-order valence-electron chi connectivity index (χ2n) is 3.43. The van der Waals surface area contributed by atoms with Crippen molar-refractivity contribution in [2.45, 2.75) is 12.7 Å². The van der Waals surface area contributed by atoms with E-state index < -0.39 is 11.7 Å². The molecular formula is C11H14F3NO2. The minimum Gasteiger partial charge on any atom is -0.491 e. The minimum absolute atomic E-state index is 0.158. The lowest BCUT2D eigenvalue weighted by atomic mass is 10.1. The Kier molecular flexibility index (Phi) is 4.77. The fraction of sp³-hybridized carbons (Fsp3) is 0.455. The molecular weight excluding hydrogens is 235 g/mol. The normalized spacial score (nSPS) is 11.6. The first-order chi connectivity index (χ1) is 7.99. The van der Waals surface area contributed by atoms with Gasteiger partial charge in [-0.2, -0.15) is 13.2 Å². The SMILES string of the molecule is CNCc1ccc(OCCO)c(C(F)(F)F)c1. The molecule has 0 aliphatic carbocycles. The Morgan fingerprint density at radius 2 is 2.06 bits per heavy atom. The summed E-state index contributed by atoms with van der Waals surface area (Å²) >= 11 is 0. The van der Waals surface area contributed by atoms with Crippen molar-refractivity contribution < 1.29 is 23.0 Å². The highest BCUT2D eigenvalue weighted by Crippen LogP contribution is 2.36. The molecule has 0 aliphatic rings. The van der Waals surface area contributed by atoms with E-state index in [0.717, 1.165) is 6.07 Å². The van der Waals surface area contributed by atoms with Gasteiger partial charge in [0, 0.05) is 6.54 Å². The summed E-state index contributed by atoms with van der Waals surface area (Å²) in [6.07, 6.45) is -4.46. The molecule has 96 valence electrons. The van der Waals surface area contributed by atoms with Crippen molar-refractivity contribution in [3.05, 3.63) is 29.3 Å². The van der Waals surface area contributed by atoms with Crippen LogP contribution in [0.5, 0.6) is 5.75 Å². The summed E-state index contributed by atoms with van der Waals surface area (Å²) in [6, 6.07) is 3.87. The molecule has 1 aromatic carbocycles. The molecule has 0 atom stereocenters. The largest absolute Gasteiger partial charge is 0.491 e. The third-order valence-electron chi connectivity index (χ3n) is 2.08. The number of aliphatic hydroxyl groups excluding tert-OH is 1. The molecule has 2 N–H and O–H groups in total. The van der Waals surface area contributed by atoms with E-state index in [1.807, 2.05) is 0 Å². The lowest BCUT2D eigenvalue weighted by Crippen LogP contribution is -2.13. The van der Waals surface area contributed by atoms with Gasteiger partial charge in [-0.3, -0.25) is 0 Å². The van der Waals surface area contributed by atoms with Crippen molar-refractivity contribution in [1.82, 2.24) is 5.32 Å². The predicted molar refractivity (Wildman–Crippen MR) is 56.8 cm³/mol. The molecule has 0 aromatic heterocycles. The summed E-state index contributed by atoms with van der Waals surface area (Å²) in [5.74, 6) is -0.258. The zero-order chi connectivity index (χ0) is 12.9. The molecule has 1 aromatic rings. The maximum atomic E-state index is 12.7. The predicted octanol–water partition coefficient (Wildman–Crippen LogP) is 1.80. The van der Waals surface area contributed by atoms with Gasteiger partial charge in [-0.1, -0.05) is 6.07 Å². The average molecular weight is 249 g/mol. The van der Waals surface area contributed by atoms with Gasteiger partial charge in [-0.25, -0.2) is 0 Å². The number of hydrogen-bond acceptors (Lipinski definition) is 3. The number of benzene rings is 1. The van der Waals surface area contributed by atoms with Crippen LogP contribution in [0, 0.1) is 0 Å². The van der Waals surface area contributed by atoms with Gasteiger partial charge in [0.05, 0.1) is 12.2 Å². The average Bonchev–Trinajstić information content (AvgIpc) is 2.26. The van der Waals surface area contributed by atoms with Crippen molar-refractivity contribution in [2.24, 2.45) is 0 Å². The Balaban J connectivity index is 3.03. The van der Waals surface area contributed by atoms with Crippen LogP contribution >= 0.6 is 0 Å². The summed E-state index contributed by atoms with van der Waals surface area (Å²) in [5.41, 5.74) is -0.296. The highest BCUT2D eigenvalue weighted by molar-refractivity contribution is 5.39. The number of ether oxygens (including phenoxy) is 1. The molecule has 0 bridgehead atoms. The first-order valence-electron chi connectivity index (χ1n) is 5.07. The molecule has 0 saturated carbocycles. The Morgan fingerprint density at radius 3 is 2.59 bits per heavy atom. The molecule has 0 fully saturated rings. The Bertz CT molecular complexity index is 366. The Morgan fingerprint density at radius 1 is 1.35 bits per heavy atom. The third kappa shape index (κ3) is 3.90. The van der Waals surface area contributed by atoms with E-state index in [2.05, 4.69) is 5.32 Å². The minimum atomic E-state index is -4.46. The van der Waals surface area contributed by atoms with Crippen LogP contribution in [0.3, 0.4) is 0 Å². The molecule has 0 heterocycles. The summed E-state index contributed by atoms with van der Waals surface area (Å²) in [6.45, 7) is -0.132. The van der Waals surface area contributed by atoms with Gasteiger partial charge < -0.3 is 15.2 Å². The van der Waals surface area contributed by atoms with Crippen LogP contribution in [0.15, 0.2) is 18.2 Å². The maximum absolute atomic E-state index is 12.7. The van der Waals surface area contributed by atoms with Gasteiger partial charge >= 0.3 is 6.18 Å². The van der Waals surface area contributed by atoms with Gasteiger partial charge in [0.2, 0.25) is 0 Å². The van der Waals surface area contributed by atoms with Crippen LogP contribution in [0.1, 0.15) is 11.1 Å². The number of rotatable bonds is 5. The van der Waals surface area contributed by atoms with Crippen molar-refractivity contribution in [3.8, 4) is 5.75 Å². The highest BCUT2D eigenvalue weighted by atomic mass is 19.4. The zero-order valence-electron chi connectivity index (χ0n) is 9.34. The number of alkyl halides is 3. The molecule has 0 aliphatic heterocycles. The van der Waals surface area contributed by atoms with Crippen LogP contribution in [0.25, 0.3) is 0 Å². The van der Waals surface area contributed by atoms with Crippen LogP contribution in [-0.4, -0.2) is 25.4 Å². The molecule has 0 amide bonds. The summed E-state index contributed by atoms with van der Waals surface area (Å²) in [4.78, 5) is 0. The fourth-order valence-electron chi connectivity index (χ4n) is 1.39. The monoisotopic (exact) mass is 249 g/mol. The topological polar surface area (TPSA) is 41.5 Å². The van der Waals surface area contributed by atoms with Gasteiger partial charge in [0.15, 0.2) is 0 Å². The first kappa shape index (κ1) is 13.8. The summed E-state index contributed by atoms with van der Waals surface area (Å²) in [7, 11) is 1.66. The molecule has 0 spiro atoms. The van der Waals surface area contributed by atoms with Crippen molar-refractivity contribution in [2.75, 3.05) is 20.3 Å². The second kappa shape index (κ2) is 5.88. The number of aliphatic hydroxyl groups is 1. The third-order valence-corrected chi connectivity index (χ3v) is 2.08. The smallest absolute Gasteiger partial charge is 0.419 e. The molecule has 1 rings (SSSR count). The standard InChI is InChI=1S/C11H14F3NO2/c1-15-7-8-2-3-10(17-5-4-16)9(6-8)11(12,13)14/h2-3,6,15-16H,4-5,7H2,1H3. The lowest BCUT2D eigenvalue weighted by Gasteiger charge is -2.14. The maximum Gasteiger partial charge on any atom is 0.419 e. The van der Waals surface area contributed by atoms with Crippen molar-refractivity contribution in [1.29, 1.82) is 0 Å². The summed E-state index contributed by atoms with van der Waals surface area (Å²) < 4.78 is 43.1. The van der Waals surface area contributed by atoms with E-state index in [1.165, 1.54) is 6.07 Å². The zero-order valence-corrected chi connectivity index (χ0v) is 9.34. The molecule has 0 radical (unpaired) electrons. The van der Waals surface area contributed by atoms with Crippen LogP contribution in [-0.2, 0) is 12.7 Å². The number of halogens is 3. The van der Waals surface area contributed by atoms with Crippen LogP contribution < -0.4 is 10.1 Å². The second-order valence-corrected chi connectivity index (χ2v) is 3.43. The van der Waals surface area contributed by atoms with E-state index in [0.29, 0.717) is 12.1 Å². The van der Waals surface area contributed by atoms with Gasteiger partial charge in [-0.15, -0.1) is 0 Å². The van der Waals surface area contributed by atoms with Crippen LogP contribution in [0.4, 0.5) is 13.2 Å². The number of nitrogens with one attached hydrogen (secondary N) is 1. The molecule has 17 heavy (non-hydrogen) atoms. The Hall–Kier alpha value is -1.27. The van der Waals surface area contributed by atoms with E-state index >= 15 is 0 Å². The highest BCUT2D eigenvalue weighted by Gasteiger charge is 2.34. The quantitative estimate of drug-likeness (QED) is 0.836. The van der Waals surface area contributed by atoms with Gasteiger partial charge in [-0.05, 0) is 24.7 Å². The number of hydrogen-bond donors (Lipinski definition) is 2. The first-order valence-corrected chi connectivity index (χ1v) is 5.07. The van der Waals surface area contributed by atoms with E-state index in [1.54, 1.807) is 13.1 Å². The van der Waals surface area contributed by atoms with Crippen molar-refractivity contribution in [3.63, 3.8) is 0 Å². The van der Waals surface area contributed by atoms with E-state index in [9.17, 15) is 13.2 Å². The lowest BCUT2D eigenvalue weighted by molar-refractivity contribution is -0.139. The van der Waals surface area contributed by atoms with E-state index in [-0.39, 0.29) is 19.0 Å². The summed E-state index contributed by atoms with van der Waals surface area (Å²) in [5, 5.41) is 11.3. The molecule has 0 unspecified atom stereocenters.